The highest BCUT2D eigenvalue weighted by molar-refractivity contribution is 6.15. The summed E-state index contributed by atoms with van der Waals surface area (Å²) in [7, 11) is 0. The quantitative estimate of drug-likeness (QED) is 0.599. The molecule has 3 amide bonds. The van der Waals surface area contributed by atoms with Crippen molar-refractivity contribution in [3.8, 4) is 11.5 Å². The summed E-state index contributed by atoms with van der Waals surface area (Å²) in [4.78, 5) is 41.9. The lowest BCUT2D eigenvalue weighted by Gasteiger charge is -2.30. The first kappa shape index (κ1) is 20.2. The van der Waals surface area contributed by atoms with E-state index in [9.17, 15) is 19.5 Å². The van der Waals surface area contributed by atoms with Crippen LogP contribution in [0.1, 0.15) is 23.6 Å². The summed E-state index contributed by atoms with van der Waals surface area (Å²) in [5, 5.41) is 16.6. The van der Waals surface area contributed by atoms with Gasteiger partial charge in [0, 0.05) is 17.3 Å². The lowest BCUT2D eigenvalue weighted by atomic mass is 9.76. The molecule has 3 N–H and O–H groups in total. The van der Waals surface area contributed by atoms with E-state index in [1.807, 2.05) is 19.1 Å². The van der Waals surface area contributed by atoms with E-state index >= 15 is 0 Å². The summed E-state index contributed by atoms with van der Waals surface area (Å²) in [5.41, 5.74) is 1.45. The molecule has 9 heteroatoms. The maximum atomic E-state index is 13.8. The van der Waals surface area contributed by atoms with Crippen molar-refractivity contribution in [1.82, 2.24) is 10.2 Å². The molecule has 0 unspecified atom stereocenters. The topological polar surface area (TPSA) is 117 Å². The number of amides is 3. The van der Waals surface area contributed by atoms with Crippen LogP contribution < -0.4 is 20.1 Å². The van der Waals surface area contributed by atoms with Crippen molar-refractivity contribution in [3.05, 3.63) is 53.1 Å². The number of para-hydroxylation sites is 1. The van der Waals surface area contributed by atoms with Crippen LogP contribution in [0.5, 0.6) is 11.5 Å². The van der Waals surface area contributed by atoms with Crippen LogP contribution in [0, 0.1) is 18.8 Å². The molecular formula is C24H23N3O6. The molecule has 170 valence electrons. The molecule has 4 aliphatic rings. The smallest absolute Gasteiger partial charge is 0.250 e. The third-order valence-corrected chi connectivity index (χ3v) is 7.28. The monoisotopic (exact) mass is 449 g/mol. The van der Waals surface area contributed by atoms with E-state index in [0.717, 1.165) is 5.56 Å². The fourth-order valence-corrected chi connectivity index (χ4v) is 5.76. The zero-order valence-electron chi connectivity index (χ0n) is 18.1. The molecule has 2 aromatic carbocycles. The van der Waals surface area contributed by atoms with E-state index in [4.69, 9.17) is 9.47 Å². The first-order valence-corrected chi connectivity index (χ1v) is 10.9. The van der Waals surface area contributed by atoms with Gasteiger partial charge in [-0.25, -0.2) is 0 Å². The van der Waals surface area contributed by atoms with Crippen LogP contribution in [-0.2, 0) is 26.5 Å². The number of rotatable bonds is 3. The van der Waals surface area contributed by atoms with E-state index in [0.29, 0.717) is 28.3 Å². The lowest BCUT2D eigenvalue weighted by Crippen LogP contribution is -2.54. The molecule has 0 saturated carbocycles. The molecule has 2 fully saturated rings. The van der Waals surface area contributed by atoms with Gasteiger partial charge >= 0.3 is 0 Å². The number of imide groups is 1. The molecule has 0 bridgehead atoms. The Morgan fingerprint density at radius 3 is 2.73 bits per heavy atom. The molecule has 6 rings (SSSR count). The number of hydrogen-bond acceptors (Lipinski definition) is 7. The van der Waals surface area contributed by atoms with Crippen molar-refractivity contribution >= 4 is 23.4 Å². The second-order valence-electron chi connectivity index (χ2n) is 9.12. The van der Waals surface area contributed by atoms with Crippen LogP contribution in [0.4, 0.5) is 5.69 Å². The van der Waals surface area contributed by atoms with E-state index in [-0.39, 0.29) is 19.2 Å². The Morgan fingerprint density at radius 1 is 1.15 bits per heavy atom. The van der Waals surface area contributed by atoms with Crippen molar-refractivity contribution in [2.24, 2.45) is 11.8 Å². The average Bonchev–Trinajstić information content (AvgIpc) is 3.51. The van der Waals surface area contributed by atoms with Gasteiger partial charge in [0.1, 0.15) is 5.54 Å². The summed E-state index contributed by atoms with van der Waals surface area (Å²) in [6.07, 6.45) is -0.944. The number of hydrogen-bond donors (Lipinski definition) is 3. The number of likely N-dealkylation sites (tertiary alicyclic amines) is 1. The van der Waals surface area contributed by atoms with Gasteiger partial charge in [-0.2, -0.15) is 0 Å². The van der Waals surface area contributed by atoms with Gasteiger partial charge in [-0.1, -0.05) is 24.3 Å². The number of fused-ring (bicyclic) bond motifs is 5. The summed E-state index contributed by atoms with van der Waals surface area (Å²) >= 11 is 0. The van der Waals surface area contributed by atoms with E-state index in [1.54, 1.807) is 31.2 Å². The van der Waals surface area contributed by atoms with Gasteiger partial charge in [0.2, 0.25) is 24.5 Å². The molecule has 2 aromatic rings. The minimum atomic E-state index is -1.41. The van der Waals surface area contributed by atoms with Crippen molar-refractivity contribution < 1.29 is 29.0 Å². The molecule has 4 heterocycles. The van der Waals surface area contributed by atoms with Crippen LogP contribution >= 0.6 is 0 Å². The van der Waals surface area contributed by atoms with Gasteiger partial charge in [0.05, 0.1) is 24.5 Å². The Kier molecular flexibility index (Phi) is 4.15. The van der Waals surface area contributed by atoms with Crippen molar-refractivity contribution in [1.29, 1.82) is 0 Å². The Morgan fingerprint density at radius 2 is 1.94 bits per heavy atom. The number of nitrogens with one attached hydrogen (secondary N) is 2. The van der Waals surface area contributed by atoms with E-state index in [2.05, 4.69) is 10.6 Å². The minimum absolute atomic E-state index is 0.0478. The first-order valence-electron chi connectivity index (χ1n) is 10.9. The Hall–Kier alpha value is -3.43. The second kappa shape index (κ2) is 6.79. The van der Waals surface area contributed by atoms with Gasteiger partial charge in [-0.15, -0.1) is 0 Å². The van der Waals surface area contributed by atoms with Crippen LogP contribution in [-0.4, -0.2) is 46.7 Å². The number of aryl methyl sites for hydroxylation is 1. The maximum absolute atomic E-state index is 13.8. The highest BCUT2D eigenvalue weighted by Crippen LogP contribution is 2.54. The maximum Gasteiger partial charge on any atom is 0.250 e. The van der Waals surface area contributed by atoms with Crippen molar-refractivity contribution in [2.45, 2.75) is 38.1 Å². The molecule has 5 atom stereocenters. The molecule has 1 spiro atoms. The average molecular weight is 449 g/mol. The number of aliphatic hydroxyl groups excluding tert-OH is 1. The SMILES string of the molecule is Cc1cccc2c1NC(=O)[C@]21N[C@H]([C@@H](C)O)[C@H]2C(=O)N(Cc3ccc4c(c3)OCO4)C(=O)[C@H]21. The number of carbonyl (C=O) groups is 3. The van der Waals surface area contributed by atoms with Gasteiger partial charge < -0.3 is 19.9 Å². The lowest BCUT2D eigenvalue weighted by molar-refractivity contribution is -0.143. The Balaban J connectivity index is 1.43. The van der Waals surface area contributed by atoms with Gasteiger partial charge in [0.25, 0.3) is 0 Å². The predicted octanol–water partition coefficient (Wildman–Crippen LogP) is 1.03. The first-order chi connectivity index (χ1) is 15.8. The molecular weight excluding hydrogens is 426 g/mol. The third kappa shape index (κ3) is 2.57. The number of anilines is 1. The van der Waals surface area contributed by atoms with Crippen LogP contribution in [0.3, 0.4) is 0 Å². The summed E-state index contributed by atoms with van der Waals surface area (Å²) < 4.78 is 10.7. The number of aliphatic hydroxyl groups is 1. The molecule has 4 aliphatic heterocycles. The van der Waals surface area contributed by atoms with Gasteiger partial charge in [0.15, 0.2) is 11.5 Å². The Bertz CT molecular complexity index is 1230. The van der Waals surface area contributed by atoms with Crippen molar-refractivity contribution in [2.75, 3.05) is 12.1 Å². The van der Waals surface area contributed by atoms with Crippen LogP contribution in [0.15, 0.2) is 36.4 Å². The van der Waals surface area contributed by atoms with Gasteiger partial charge in [-0.3, -0.25) is 24.6 Å². The zero-order chi connectivity index (χ0) is 23.1. The van der Waals surface area contributed by atoms with E-state index in [1.165, 1.54) is 4.90 Å². The fourth-order valence-electron chi connectivity index (χ4n) is 5.76. The Labute approximate surface area is 189 Å². The second-order valence-corrected chi connectivity index (χ2v) is 9.12. The highest BCUT2D eigenvalue weighted by Gasteiger charge is 2.71. The standard InChI is InChI=1S/C24H23N3O6/c1-11-4-3-5-14-19(11)25-23(31)24(14)18-17(20(26-24)12(2)28)21(29)27(22(18)30)9-13-6-7-15-16(8-13)33-10-32-15/h3-8,12,17-18,20,26,28H,9-10H2,1-2H3,(H,25,31)/t12-,17+,18+,20-,24+/m1/s1. The largest absolute Gasteiger partial charge is 0.454 e. The van der Waals surface area contributed by atoms with Gasteiger partial charge in [-0.05, 0) is 37.1 Å². The number of carbonyl (C=O) groups excluding carboxylic acids is 3. The summed E-state index contributed by atoms with van der Waals surface area (Å²) in [6.45, 7) is 3.62. The molecule has 0 radical (unpaired) electrons. The number of nitrogens with zero attached hydrogens (tertiary/aromatic N) is 1. The molecule has 33 heavy (non-hydrogen) atoms. The van der Waals surface area contributed by atoms with E-state index < -0.39 is 41.3 Å². The summed E-state index contributed by atoms with van der Waals surface area (Å²) in [5.74, 6) is -1.84. The molecule has 2 saturated heterocycles. The van der Waals surface area contributed by atoms with Crippen molar-refractivity contribution in [3.63, 3.8) is 0 Å². The number of benzene rings is 2. The highest BCUT2D eigenvalue weighted by atomic mass is 16.7. The van der Waals surface area contributed by atoms with Crippen LogP contribution in [0.25, 0.3) is 0 Å². The normalized spacial score (nSPS) is 30.1. The summed E-state index contributed by atoms with van der Waals surface area (Å²) in [6, 6.07) is 10.0. The third-order valence-electron chi connectivity index (χ3n) is 7.28. The molecule has 9 nitrogen and oxygen atoms in total. The zero-order valence-corrected chi connectivity index (χ0v) is 18.1. The molecule has 0 aromatic heterocycles. The fraction of sp³-hybridized carbons (Fsp3) is 0.375. The minimum Gasteiger partial charge on any atom is -0.454 e. The predicted molar refractivity (Wildman–Crippen MR) is 115 cm³/mol. The van der Waals surface area contributed by atoms with Crippen LogP contribution in [0.2, 0.25) is 0 Å². The number of ether oxygens (including phenoxy) is 2. The molecule has 0 aliphatic carbocycles.